The van der Waals surface area contributed by atoms with Crippen LogP contribution in [0, 0.1) is 11.8 Å². The first kappa shape index (κ1) is 16.7. The maximum absolute atomic E-state index is 10.3. The van der Waals surface area contributed by atoms with Gasteiger partial charge in [-0.15, -0.1) is 0 Å². The number of hydrogen-bond acceptors (Lipinski definition) is 4. The van der Waals surface area contributed by atoms with Crippen LogP contribution >= 0.6 is 0 Å². The third-order valence-corrected chi connectivity index (χ3v) is 4.23. The second-order valence-electron chi connectivity index (χ2n) is 5.94. The zero-order chi connectivity index (χ0) is 17.1. The predicted molar refractivity (Wildman–Crippen MR) is 90.2 cm³/mol. The lowest BCUT2D eigenvalue weighted by atomic mass is 9.89. The normalized spacial score (nSPS) is 29.6. The average molecular weight is 324 g/mol. The third kappa shape index (κ3) is 3.35. The van der Waals surface area contributed by atoms with Crippen LogP contribution in [0.3, 0.4) is 0 Å². The van der Waals surface area contributed by atoms with E-state index >= 15 is 0 Å². The fourth-order valence-electron chi connectivity index (χ4n) is 2.83. The Hall–Kier alpha value is -2.16. The van der Waals surface area contributed by atoms with E-state index in [1.165, 1.54) is 0 Å². The van der Waals surface area contributed by atoms with Gasteiger partial charge in [0.2, 0.25) is 0 Å². The zero-order valence-electron chi connectivity index (χ0n) is 13.3. The fraction of sp³-hybridized carbons (Fsp3) is 0.300. The summed E-state index contributed by atoms with van der Waals surface area (Å²) < 4.78 is 5.73. The number of hydrogen-bond donors (Lipinski definition) is 3. The maximum atomic E-state index is 10.3. The summed E-state index contributed by atoms with van der Waals surface area (Å²) in [7, 11) is 0. The molecule has 0 aromatic heterocycles. The molecule has 4 nitrogen and oxygen atoms in total. The molecular formula is C20H20O4. The Balaban J connectivity index is 1.94. The molecule has 0 aliphatic carbocycles. The summed E-state index contributed by atoms with van der Waals surface area (Å²) in [5.41, 5.74) is 2.31. The van der Waals surface area contributed by atoms with E-state index < -0.39 is 30.5 Å². The molecule has 1 heterocycles. The predicted octanol–water partition coefficient (Wildman–Crippen LogP) is 1.63. The number of aliphatic hydroxyl groups excluding tert-OH is 3. The second-order valence-corrected chi connectivity index (χ2v) is 5.94. The summed E-state index contributed by atoms with van der Waals surface area (Å²) in [6.07, 6.45) is -4.90. The first-order chi connectivity index (χ1) is 11.6. The molecule has 0 amide bonds. The van der Waals surface area contributed by atoms with Crippen molar-refractivity contribution in [2.24, 2.45) is 0 Å². The Morgan fingerprint density at radius 1 is 0.792 bits per heavy atom. The summed E-state index contributed by atoms with van der Waals surface area (Å²) in [4.78, 5) is 0. The lowest BCUT2D eigenvalue weighted by molar-refractivity contribution is -0.219. The molecule has 2 aromatic carbocycles. The van der Waals surface area contributed by atoms with Crippen molar-refractivity contribution in [3.8, 4) is 11.8 Å². The van der Waals surface area contributed by atoms with Crippen LogP contribution < -0.4 is 0 Å². The SMILES string of the molecule is C[C@@H]1OC(c2ccccc2C#Cc2ccccc2)[C@H](O)[C@H](O)[C@H]1O. The van der Waals surface area contributed by atoms with E-state index in [0.717, 1.165) is 11.1 Å². The summed E-state index contributed by atoms with van der Waals surface area (Å²) in [5.74, 6) is 6.19. The van der Waals surface area contributed by atoms with Crippen LogP contribution in [-0.4, -0.2) is 39.7 Å². The minimum Gasteiger partial charge on any atom is -0.388 e. The van der Waals surface area contributed by atoms with Gasteiger partial charge in [-0.3, -0.25) is 0 Å². The highest BCUT2D eigenvalue weighted by Gasteiger charge is 2.42. The van der Waals surface area contributed by atoms with Gasteiger partial charge in [0, 0.05) is 11.1 Å². The van der Waals surface area contributed by atoms with Crippen LogP contribution in [0.4, 0.5) is 0 Å². The molecular weight excluding hydrogens is 304 g/mol. The minimum atomic E-state index is -1.26. The summed E-state index contributed by atoms with van der Waals surface area (Å²) in [5, 5.41) is 30.2. The Bertz CT molecular complexity index is 747. The zero-order valence-corrected chi connectivity index (χ0v) is 13.3. The van der Waals surface area contributed by atoms with Crippen LogP contribution in [-0.2, 0) is 4.74 Å². The van der Waals surface area contributed by atoms with Crippen LogP contribution in [0.25, 0.3) is 0 Å². The van der Waals surface area contributed by atoms with Gasteiger partial charge in [-0.05, 0) is 30.7 Å². The maximum Gasteiger partial charge on any atom is 0.113 e. The van der Waals surface area contributed by atoms with Crippen LogP contribution in [0.5, 0.6) is 0 Å². The number of aliphatic hydroxyl groups is 3. The van der Waals surface area contributed by atoms with Crippen molar-refractivity contribution in [2.75, 3.05) is 0 Å². The van der Waals surface area contributed by atoms with Gasteiger partial charge in [0.15, 0.2) is 0 Å². The van der Waals surface area contributed by atoms with E-state index in [0.29, 0.717) is 5.56 Å². The van der Waals surface area contributed by atoms with E-state index in [9.17, 15) is 15.3 Å². The molecule has 0 radical (unpaired) electrons. The quantitative estimate of drug-likeness (QED) is 0.698. The molecule has 3 rings (SSSR count). The molecule has 0 saturated carbocycles. The van der Waals surface area contributed by atoms with Crippen molar-refractivity contribution in [3.63, 3.8) is 0 Å². The highest BCUT2D eigenvalue weighted by atomic mass is 16.5. The summed E-state index contributed by atoms with van der Waals surface area (Å²) in [6.45, 7) is 1.67. The molecule has 1 unspecified atom stereocenters. The Morgan fingerprint density at radius 2 is 1.46 bits per heavy atom. The lowest BCUT2D eigenvalue weighted by Gasteiger charge is -2.39. The second kappa shape index (κ2) is 7.16. The average Bonchev–Trinajstić information content (AvgIpc) is 2.62. The van der Waals surface area contributed by atoms with E-state index in [4.69, 9.17) is 4.74 Å². The van der Waals surface area contributed by atoms with Crippen LogP contribution in [0.1, 0.15) is 29.7 Å². The number of rotatable bonds is 1. The summed E-state index contributed by atoms with van der Waals surface area (Å²) >= 11 is 0. The van der Waals surface area contributed by atoms with E-state index in [1.54, 1.807) is 6.92 Å². The van der Waals surface area contributed by atoms with Crippen LogP contribution in [0.2, 0.25) is 0 Å². The van der Waals surface area contributed by atoms with E-state index in [-0.39, 0.29) is 0 Å². The first-order valence-corrected chi connectivity index (χ1v) is 7.93. The molecule has 24 heavy (non-hydrogen) atoms. The van der Waals surface area contributed by atoms with Crippen molar-refractivity contribution in [2.45, 2.75) is 37.4 Å². The third-order valence-electron chi connectivity index (χ3n) is 4.23. The molecule has 0 bridgehead atoms. The van der Waals surface area contributed by atoms with Crippen molar-refractivity contribution in [3.05, 3.63) is 71.3 Å². The van der Waals surface area contributed by atoms with Gasteiger partial charge in [-0.2, -0.15) is 0 Å². The van der Waals surface area contributed by atoms with Crippen molar-refractivity contribution in [1.82, 2.24) is 0 Å². The highest BCUT2D eigenvalue weighted by Crippen LogP contribution is 2.33. The number of ether oxygens (including phenoxy) is 1. The van der Waals surface area contributed by atoms with E-state index in [1.807, 2.05) is 54.6 Å². The molecule has 124 valence electrons. The van der Waals surface area contributed by atoms with Crippen molar-refractivity contribution in [1.29, 1.82) is 0 Å². The highest BCUT2D eigenvalue weighted by molar-refractivity contribution is 5.47. The van der Waals surface area contributed by atoms with Gasteiger partial charge in [0.1, 0.15) is 24.4 Å². The largest absolute Gasteiger partial charge is 0.388 e. The molecule has 2 aromatic rings. The molecule has 3 N–H and O–H groups in total. The van der Waals surface area contributed by atoms with Crippen molar-refractivity contribution >= 4 is 0 Å². The van der Waals surface area contributed by atoms with Gasteiger partial charge >= 0.3 is 0 Å². The molecule has 5 atom stereocenters. The smallest absolute Gasteiger partial charge is 0.113 e. The number of benzene rings is 2. The standard InChI is InChI=1S/C20H20O4/c1-13-17(21)18(22)19(23)20(24-13)16-10-6-5-9-15(16)12-11-14-7-3-2-4-8-14/h2-10,13,17-23H,1H3/t13-,17-,18+,19+,20?/m0/s1. The van der Waals surface area contributed by atoms with Crippen molar-refractivity contribution < 1.29 is 20.1 Å². The minimum absolute atomic E-state index is 0.580. The van der Waals surface area contributed by atoms with E-state index in [2.05, 4.69) is 11.8 Å². The van der Waals surface area contributed by atoms with Gasteiger partial charge in [-0.25, -0.2) is 0 Å². The molecule has 1 aliphatic rings. The molecule has 1 fully saturated rings. The monoisotopic (exact) mass is 324 g/mol. The van der Waals surface area contributed by atoms with Gasteiger partial charge < -0.3 is 20.1 Å². The Labute approximate surface area is 141 Å². The molecule has 0 spiro atoms. The van der Waals surface area contributed by atoms with Gasteiger partial charge in [0.25, 0.3) is 0 Å². The van der Waals surface area contributed by atoms with Gasteiger partial charge in [-0.1, -0.05) is 48.2 Å². The van der Waals surface area contributed by atoms with Crippen LogP contribution in [0.15, 0.2) is 54.6 Å². The lowest BCUT2D eigenvalue weighted by Crippen LogP contribution is -2.53. The first-order valence-electron chi connectivity index (χ1n) is 7.93. The van der Waals surface area contributed by atoms with Gasteiger partial charge in [0.05, 0.1) is 6.10 Å². The topological polar surface area (TPSA) is 69.9 Å². The Morgan fingerprint density at radius 3 is 2.21 bits per heavy atom. The molecule has 1 aliphatic heterocycles. The Kier molecular flexibility index (Phi) is 4.98. The molecule has 1 saturated heterocycles. The summed E-state index contributed by atoms with van der Waals surface area (Å²) in [6, 6.07) is 17.0. The molecule has 4 heteroatoms. The fourth-order valence-corrected chi connectivity index (χ4v) is 2.83.